The van der Waals surface area contributed by atoms with Crippen molar-refractivity contribution >= 4 is 11.9 Å². The summed E-state index contributed by atoms with van der Waals surface area (Å²) in [6, 6.07) is 0. The highest BCUT2D eigenvalue weighted by Gasteiger charge is 2.21. The molecule has 0 aromatic heterocycles. The largest absolute Gasteiger partial charge is 0.481 e. The van der Waals surface area contributed by atoms with Crippen molar-refractivity contribution in [1.29, 1.82) is 0 Å². The summed E-state index contributed by atoms with van der Waals surface area (Å²) in [4.78, 5) is 22.9. The molecular weight excluding hydrogens is 376 g/mol. The Morgan fingerprint density at radius 1 is 0.733 bits per heavy atom. The molecule has 0 amide bonds. The Labute approximate surface area is 185 Å². The van der Waals surface area contributed by atoms with Crippen LogP contribution in [0, 0.1) is 5.92 Å². The molecule has 0 aromatic carbocycles. The first-order chi connectivity index (χ1) is 14.6. The number of ether oxygens (including phenoxy) is 1. The normalized spacial score (nSPS) is 12.3. The Hall–Kier alpha value is -1.32. The number of aliphatic carboxylic acids is 1. The van der Waals surface area contributed by atoms with Crippen LogP contribution in [-0.4, -0.2) is 23.7 Å². The fraction of sp³-hybridized carbons (Fsp3) is 0.846. The van der Waals surface area contributed by atoms with Gasteiger partial charge in [-0.05, 0) is 38.5 Å². The van der Waals surface area contributed by atoms with Crippen LogP contribution in [0.25, 0.3) is 0 Å². The smallest absolute Gasteiger partial charge is 0.307 e. The number of carbonyl (C=O) groups is 2. The lowest BCUT2D eigenvalue weighted by Gasteiger charge is -2.11. The van der Waals surface area contributed by atoms with Crippen LogP contribution in [0.2, 0.25) is 0 Å². The molecule has 0 fully saturated rings. The maximum Gasteiger partial charge on any atom is 0.307 e. The Morgan fingerprint density at radius 2 is 1.23 bits per heavy atom. The average molecular weight is 425 g/mol. The molecule has 1 N–H and O–H groups in total. The Kier molecular flexibility index (Phi) is 21.4. The Bertz CT molecular complexity index is 431. The molecule has 1 unspecified atom stereocenters. The van der Waals surface area contributed by atoms with Gasteiger partial charge in [0.15, 0.2) is 0 Å². The molecule has 0 saturated carbocycles. The molecule has 4 nitrogen and oxygen atoms in total. The lowest BCUT2D eigenvalue weighted by molar-refractivity contribution is -0.151. The van der Waals surface area contributed by atoms with E-state index in [1.165, 1.54) is 77.0 Å². The van der Waals surface area contributed by atoms with Crippen molar-refractivity contribution in [3.63, 3.8) is 0 Å². The standard InChI is InChI=1S/C26H48O4/c1-3-5-6-7-8-9-10-11-12-13-14-15-16-17-18-19-20-21-24(26(28)29)23-25(27)30-22-4-2/h8-9,24H,3-7,10-23H2,1-2H3,(H,28,29)/b9-8+. The van der Waals surface area contributed by atoms with Crippen LogP contribution in [-0.2, 0) is 14.3 Å². The van der Waals surface area contributed by atoms with Crippen molar-refractivity contribution in [2.45, 2.75) is 129 Å². The number of carbonyl (C=O) groups excluding carboxylic acids is 1. The van der Waals surface area contributed by atoms with Gasteiger partial charge in [0.25, 0.3) is 0 Å². The van der Waals surface area contributed by atoms with Crippen molar-refractivity contribution in [3.05, 3.63) is 12.2 Å². The van der Waals surface area contributed by atoms with Gasteiger partial charge in [-0.2, -0.15) is 0 Å². The summed E-state index contributed by atoms with van der Waals surface area (Å²) in [5, 5.41) is 9.27. The molecule has 4 heteroatoms. The van der Waals surface area contributed by atoms with Crippen LogP contribution < -0.4 is 0 Å². The fourth-order valence-corrected chi connectivity index (χ4v) is 3.60. The highest BCUT2D eigenvalue weighted by Crippen LogP contribution is 2.17. The summed E-state index contributed by atoms with van der Waals surface area (Å²) >= 11 is 0. The first-order valence-electron chi connectivity index (χ1n) is 12.6. The van der Waals surface area contributed by atoms with E-state index in [2.05, 4.69) is 19.1 Å². The van der Waals surface area contributed by atoms with Gasteiger partial charge in [0.1, 0.15) is 0 Å². The SMILES string of the molecule is CCCCC/C=C/CCCCCCCCCCCCC(CC(=O)OCCC)C(=O)O. The van der Waals surface area contributed by atoms with Crippen molar-refractivity contribution in [2.24, 2.45) is 5.92 Å². The number of allylic oxidation sites excluding steroid dienone is 2. The van der Waals surface area contributed by atoms with E-state index in [0.29, 0.717) is 13.0 Å². The van der Waals surface area contributed by atoms with E-state index in [0.717, 1.165) is 25.7 Å². The Morgan fingerprint density at radius 3 is 1.73 bits per heavy atom. The quantitative estimate of drug-likeness (QED) is 0.109. The van der Waals surface area contributed by atoms with E-state index in [9.17, 15) is 14.7 Å². The van der Waals surface area contributed by atoms with E-state index < -0.39 is 11.9 Å². The molecule has 1 atom stereocenters. The molecule has 0 heterocycles. The van der Waals surface area contributed by atoms with Crippen LogP contribution in [0.15, 0.2) is 12.2 Å². The predicted octanol–water partition coefficient (Wildman–Crippen LogP) is 7.85. The van der Waals surface area contributed by atoms with Crippen LogP contribution in [0.4, 0.5) is 0 Å². The zero-order valence-corrected chi connectivity index (χ0v) is 19.8. The first-order valence-corrected chi connectivity index (χ1v) is 12.6. The van der Waals surface area contributed by atoms with E-state index in [4.69, 9.17) is 4.74 Å². The van der Waals surface area contributed by atoms with Crippen molar-refractivity contribution in [2.75, 3.05) is 6.61 Å². The molecule has 0 aliphatic carbocycles. The molecule has 0 radical (unpaired) electrons. The van der Waals surface area contributed by atoms with Gasteiger partial charge in [-0.1, -0.05) is 96.6 Å². The summed E-state index contributed by atoms with van der Waals surface area (Å²) in [7, 11) is 0. The number of rotatable bonds is 22. The number of esters is 1. The Balaban J connectivity index is 3.45. The van der Waals surface area contributed by atoms with E-state index in [1.54, 1.807) is 0 Å². The third-order valence-electron chi connectivity index (χ3n) is 5.54. The summed E-state index contributed by atoms with van der Waals surface area (Å²) in [6.45, 7) is 4.55. The molecule has 0 saturated heterocycles. The summed E-state index contributed by atoms with van der Waals surface area (Å²) in [6.07, 6.45) is 24.8. The molecule has 0 aliphatic heterocycles. The minimum absolute atomic E-state index is 0.00395. The molecule has 176 valence electrons. The molecule has 0 spiro atoms. The lowest BCUT2D eigenvalue weighted by atomic mass is 9.97. The molecule has 0 aromatic rings. The van der Waals surface area contributed by atoms with Gasteiger partial charge < -0.3 is 9.84 Å². The average Bonchev–Trinajstić information content (AvgIpc) is 2.73. The number of unbranched alkanes of at least 4 members (excludes halogenated alkanes) is 13. The minimum Gasteiger partial charge on any atom is -0.481 e. The zero-order chi connectivity index (χ0) is 22.3. The van der Waals surface area contributed by atoms with Crippen LogP contribution >= 0.6 is 0 Å². The second kappa shape index (κ2) is 22.4. The number of carboxylic acid groups (broad SMARTS) is 1. The maximum absolute atomic E-state index is 11.6. The summed E-state index contributed by atoms with van der Waals surface area (Å²) < 4.78 is 5.00. The maximum atomic E-state index is 11.6. The number of hydrogen-bond acceptors (Lipinski definition) is 3. The van der Waals surface area contributed by atoms with Gasteiger partial charge in [-0.15, -0.1) is 0 Å². The van der Waals surface area contributed by atoms with E-state index in [1.807, 2.05) is 6.92 Å². The second-order valence-electron chi connectivity index (χ2n) is 8.54. The predicted molar refractivity (Wildman–Crippen MR) is 126 cm³/mol. The van der Waals surface area contributed by atoms with Crippen LogP contribution in [0.5, 0.6) is 0 Å². The third kappa shape index (κ3) is 20.0. The summed E-state index contributed by atoms with van der Waals surface area (Å²) in [5.41, 5.74) is 0. The van der Waals surface area contributed by atoms with Gasteiger partial charge >= 0.3 is 11.9 Å². The molecule has 30 heavy (non-hydrogen) atoms. The molecule has 0 aliphatic rings. The van der Waals surface area contributed by atoms with Crippen LogP contribution in [0.3, 0.4) is 0 Å². The van der Waals surface area contributed by atoms with Crippen molar-refractivity contribution in [1.82, 2.24) is 0 Å². The van der Waals surface area contributed by atoms with Crippen molar-refractivity contribution < 1.29 is 19.4 Å². The second-order valence-corrected chi connectivity index (χ2v) is 8.54. The number of carboxylic acids is 1. The van der Waals surface area contributed by atoms with Crippen molar-refractivity contribution in [3.8, 4) is 0 Å². The fourth-order valence-electron chi connectivity index (χ4n) is 3.60. The van der Waals surface area contributed by atoms with Gasteiger partial charge in [-0.3, -0.25) is 9.59 Å². The van der Waals surface area contributed by atoms with Gasteiger partial charge in [0.2, 0.25) is 0 Å². The lowest BCUT2D eigenvalue weighted by Crippen LogP contribution is -2.19. The van der Waals surface area contributed by atoms with Gasteiger partial charge in [-0.25, -0.2) is 0 Å². The zero-order valence-electron chi connectivity index (χ0n) is 19.8. The minimum atomic E-state index is -0.879. The highest BCUT2D eigenvalue weighted by atomic mass is 16.5. The third-order valence-corrected chi connectivity index (χ3v) is 5.54. The highest BCUT2D eigenvalue weighted by molar-refractivity contribution is 5.78. The van der Waals surface area contributed by atoms with E-state index >= 15 is 0 Å². The van der Waals surface area contributed by atoms with E-state index in [-0.39, 0.29) is 12.4 Å². The van der Waals surface area contributed by atoms with Gasteiger partial charge in [0, 0.05) is 0 Å². The summed E-state index contributed by atoms with van der Waals surface area (Å²) in [5.74, 6) is -1.86. The van der Waals surface area contributed by atoms with Gasteiger partial charge in [0.05, 0.1) is 18.9 Å². The van der Waals surface area contributed by atoms with Crippen LogP contribution in [0.1, 0.15) is 129 Å². The topological polar surface area (TPSA) is 63.6 Å². The molecular formula is C26H48O4. The number of hydrogen-bond donors (Lipinski definition) is 1. The molecule has 0 rings (SSSR count). The molecule has 0 bridgehead atoms. The first kappa shape index (κ1) is 28.7. The monoisotopic (exact) mass is 424 g/mol.